The van der Waals surface area contributed by atoms with E-state index in [0.29, 0.717) is 0 Å². The molecule has 0 saturated carbocycles. The molecule has 1 aliphatic rings. The number of halogens is 2. The zero-order chi connectivity index (χ0) is 12.8. The van der Waals surface area contributed by atoms with Crippen LogP contribution < -0.4 is 0 Å². The molecule has 2 rings (SSSR count). The molecule has 96 valence electrons. The third kappa shape index (κ3) is 1.76. The van der Waals surface area contributed by atoms with Gasteiger partial charge in [0, 0.05) is 0 Å². The van der Waals surface area contributed by atoms with Crippen LogP contribution in [0.25, 0.3) is 0 Å². The van der Waals surface area contributed by atoms with E-state index in [9.17, 15) is 8.78 Å². The molecule has 1 aromatic rings. The molecule has 0 saturated heterocycles. The first-order valence-corrected chi connectivity index (χ1v) is 5.84. The molecule has 0 aromatic carbocycles. The second-order valence-electron chi connectivity index (χ2n) is 5.10. The molecule has 1 aromatic heterocycles. The molecule has 0 N–H and O–H groups in total. The number of hydrogen-bond donors (Lipinski definition) is 0. The monoisotopic (exact) mass is 244 g/mol. The Balaban J connectivity index is 2.53. The molecule has 0 aliphatic carbocycles. The lowest BCUT2D eigenvalue weighted by Gasteiger charge is -2.41. The topological polar surface area (TPSA) is 27.1 Å². The smallest absolute Gasteiger partial charge is 0.262 e. The summed E-state index contributed by atoms with van der Waals surface area (Å²) in [6, 6.07) is -0.967. The fourth-order valence-corrected chi connectivity index (χ4v) is 2.34. The van der Waals surface area contributed by atoms with E-state index in [0.717, 1.165) is 11.3 Å². The average Bonchev–Trinajstić information content (AvgIpc) is 2.61. The highest BCUT2D eigenvalue weighted by atomic mass is 19.3. The van der Waals surface area contributed by atoms with E-state index in [-0.39, 0.29) is 12.5 Å². The average molecular weight is 244 g/mol. The molecule has 17 heavy (non-hydrogen) atoms. The van der Waals surface area contributed by atoms with Gasteiger partial charge in [0.2, 0.25) is 0 Å². The second-order valence-corrected chi connectivity index (χ2v) is 5.10. The highest BCUT2D eigenvalue weighted by Gasteiger charge is 2.44. The van der Waals surface area contributed by atoms with Crippen LogP contribution >= 0.6 is 0 Å². The number of hydrogen-bond acceptors (Lipinski definition) is 2. The van der Waals surface area contributed by atoms with Gasteiger partial charge in [0.25, 0.3) is 6.43 Å². The first-order chi connectivity index (χ1) is 7.88. The zero-order valence-corrected chi connectivity index (χ0v) is 10.6. The summed E-state index contributed by atoms with van der Waals surface area (Å²) in [5, 5.41) is 4.09. The Kier molecular flexibility index (Phi) is 2.97. The number of aromatic nitrogens is 2. The maximum absolute atomic E-state index is 12.9. The van der Waals surface area contributed by atoms with E-state index in [4.69, 9.17) is 4.74 Å². The first kappa shape index (κ1) is 12.5. The van der Waals surface area contributed by atoms with Crippen molar-refractivity contribution >= 4 is 0 Å². The summed E-state index contributed by atoms with van der Waals surface area (Å²) in [7, 11) is 0. The number of ether oxygens (including phenoxy) is 1. The van der Waals surface area contributed by atoms with Crippen molar-refractivity contribution in [3.8, 4) is 0 Å². The summed E-state index contributed by atoms with van der Waals surface area (Å²) in [6.07, 6.45) is -0.815. The lowest BCUT2D eigenvalue weighted by atomic mass is 9.85. The minimum atomic E-state index is -2.45. The van der Waals surface area contributed by atoms with Gasteiger partial charge in [-0.25, -0.2) is 8.78 Å². The van der Waals surface area contributed by atoms with Crippen molar-refractivity contribution in [2.75, 3.05) is 6.61 Å². The molecule has 3 nitrogen and oxygen atoms in total. The number of fused-ring (bicyclic) bond motifs is 1. The first-order valence-electron chi connectivity index (χ1n) is 5.84. The molecule has 0 spiro atoms. The number of aryl methyl sites for hydroxylation is 1. The summed E-state index contributed by atoms with van der Waals surface area (Å²) >= 11 is 0. The van der Waals surface area contributed by atoms with Crippen LogP contribution in [0.4, 0.5) is 8.78 Å². The minimum Gasteiger partial charge on any atom is -0.366 e. The van der Waals surface area contributed by atoms with Crippen LogP contribution in [-0.4, -0.2) is 22.8 Å². The van der Waals surface area contributed by atoms with Gasteiger partial charge in [0.1, 0.15) is 11.6 Å². The van der Waals surface area contributed by atoms with Gasteiger partial charge < -0.3 is 4.74 Å². The fraction of sp³-hybridized carbons (Fsp3) is 0.750. The predicted molar refractivity (Wildman–Crippen MR) is 60.1 cm³/mol. The molecule has 2 atom stereocenters. The summed E-state index contributed by atoms with van der Waals surface area (Å²) in [5.74, 6) is 0.204. The third-order valence-corrected chi connectivity index (χ3v) is 3.71. The summed E-state index contributed by atoms with van der Waals surface area (Å²) in [6.45, 7) is 7.90. The molecule has 0 radical (unpaired) electrons. The van der Waals surface area contributed by atoms with E-state index < -0.39 is 18.1 Å². The highest BCUT2D eigenvalue weighted by Crippen LogP contribution is 2.41. The van der Waals surface area contributed by atoms with Crippen LogP contribution in [0.15, 0.2) is 6.20 Å². The second kappa shape index (κ2) is 4.05. The largest absolute Gasteiger partial charge is 0.366 e. The molecular weight excluding hydrogens is 226 g/mol. The maximum atomic E-state index is 12.9. The number of rotatable bonds is 2. The van der Waals surface area contributed by atoms with Gasteiger partial charge in [-0.3, -0.25) is 4.68 Å². The van der Waals surface area contributed by atoms with Gasteiger partial charge in [0.15, 0.2) is 0 Å². The molecule has 0 fully saturated rings. The Morgan fingerprint density at radius 3 is 2.71 bits per heavy atom. The Labute approximate surface area is 99.8 Å². The SMILES string of the molecule is Cc1cnn2c1C(C)(C(C)C)OCC2C(F)F. The molecule has 5 heteroatoms. The number of alkyl halides is 2. The van der Waals surface area contributed by atoms with Gasteiger partial charge in [-0.2, -0.15) is 5.10 Å². The van der Waals surface area contributed by atoms with E-state index >= 15 is 0 Å². The number of nitrogens with zero attached hydrogens (tertiary/aromatic N) is 2. The Morgan fingerprint density at radius 1 is 1.53 bits per heavy atom. The van der Waals surface area contributed by atoms with Crippen LogP contribution in [0.3, 0.4) is 0 Å². The lowest BCUT2D eigenvalue weighted by Crippen LogP contribution is -2.44. The molecule has 0 amide bonds. The third-order valence-electron chi connectivity index (χ3n) is 3.71. The molecule has 1 aliphatic heterocycles. The van der Waals surface area contributed by atoms with Crippen molar-refractivity contribution in [3.63, 3.8) is 0 Å². The van der Waals surface area contributed by atoms with Crippen molar-refractivity contribution in [2.24, 2.45) is 5.92 Å². The normalized spacial score (nSPS) is 28.8. The molecule has 2 unspecified atom stereocenters. The van der Waals surface area contributed by atoms with E-state index in [1.165, 1.54) is 4.68 Å². The Bertz CT molecular complexity index is 417. The lowest BCUT2D eigenvalue weighted by molar-refractivity contribution is -0.132. The van der Waals surface area contributed by atoms with Gasteiger partial charge >= 0.3 is 0 Å². The van der Waals surface area contributed by atoms with Crippen molar-refractivity contribution in [1.29, 1.82) is 0 Å². The van der Waals surface area contributed by atoms with E-state index in [1.807, 2.05) is 27.7 Å². The van der Waals surface area contributed by atoms with Crippen LogP contribution in [0.5, 0.6) is 0 Å². The zero-order valence-electron chi connectivity index (χ0n) is 10.6. The fourth-order valence-electron chi connectivity index (χ4n) is 2.34. The van der Waals surface area contributed by atoms with Crippen LogP contribution in [0.2, 0.25) is 0 Å². The predicted octanol–water partition coefficient (Wildman–Crippen LogP) is 2.90. The van der Waals surface area contributed by atoms with Crippen molar-refractivity contribution in [3.05, 3.63) is 17.5 Å². The van der Waals surface area contributed by atoms with Crippen LogP contribution in [-0.2, 0) is 10.3 Å². The van der Waals surface area contributed by atoms with Crippen molar-refractivity contribution in [1.82, 2.24) is 9.78 Å². The van der Waals surface area contributed by atoms with Gasteiger partial charge in [0.05, 0.1) is 18.5 Å². The highest BCUT2D eigenvalue weighted by molar-refractivity contribution is 5.25. The van der Waals surface area contributed by atoms with Crippen LogP contribution in [0, 0.1) is 12.8 Å². The van der Waals surface area contributed by atoms with Gasteiger partial charge in [-0.05, 0) is 25.3 Å². The van der Waals surface area contributed by atoms with Crippen molar-refractivity contribution < 1.29 is 13.5 Å². The van der Waals surface area contributed by atoms with E-state index in [1.54, 1.807) is 6.20 Å². The summed E-state index contributed by atoms with van der Waals surface area (Å²) in [4.78, 5) is 0. The molecule has 2 heterocycles. The summed E-state index contributed by atoms with van der Waals surface area (Å²) in [5.41, 5.74) is 1.15. The standard InChI is InChI=1S/C12H18F2N2O/c1-7(2)12(4)10-8(3)5-15-16(10)9(6-17-12)11(13)14/h5,7,9,11H,6H2,1-4H3. The molecular formula is C12H18F2N2O. The summed E-state index contributed by atoms with van der Waals surface area (Å²) < 4.78 is 33.0. The van der Waals surface area contributed by atoms with Crippen LogP contribution in [0.1, 0.15) is 38.1 Å². The maximum Gasteiger partial charge on any atom is 0.262 e. The van der Waals surface area contributed by atoms with E-state index in [2.05, 4.69) is 5.10 Å². The quantitative estimate of drug-likeness (QED) is 0.799. The van der Waals surface area contributed by atoms with Crippen molar-refractivity contribution in [2.45, 2.75) is 45.8 Å². The Hall–Kier alpha value is -0.970. The Morgan fingerprint density at radius 2 is 2.18 bits per heavy atom. The minimum absolute atomic E-state index is 0.0144. The molecule has 0 bridgehead atoms. The van der Waals surface area contributed by atoms with Gasteiger partial charge in [-0.1, -0.05) is 13.8 Å². The van der Waals surface area contributed by atoms with Gasteiger partial charge in [-0.15, -0.1) is 0 Å².